The van der Waals surface area contributed by atoms with Crippen molar-refractivity contribution in [3.05, 3.63) is 0 Å². The van der Waals surface area contributed by atoms with E-state index >= 15 is 0 Å². The van der Waals surface area contributed by atoms with E-state index in [1.165, 1.54) is 18.6 Å². The van der Waals surface area contributed by atoms with Crippen LogP contribution < -0.4 is 0 Å². The molecule has 13 heavy (non-hydrogen) atoms. The van der Waals surface area contributed by atoms with Crippen molar-refractivity contribution in [2.75, 3.05) is 0 Å². The van der Waals surface area contributed by atoms with Crippen LogP contribution in [0.4, 0.5) is 0 Å². The summed E-state index contributed by atoms with van der Waals surface area (Å²) in [5, 5.41) is 4.12. The van der Waals surface area contributed by atoms with Crippen molar-refractivity contribution in [3.63, 3.8) is 0 Å². The minimum Gasteiger partial charge on any atom is -0.392 e. The maximum absolute atomic E-state index is 5.36. The van der Waals surface area contributed by atoms with Gasteiger partial charge in [0.2, 0.25) is 0 Å². The van der Waals surface area contributed by atoms with Gasteiger partial charge in [0, 0.05) is 6.42 Å². The molecule has 0 fully saturated rings. The summed E-state index contributed by atoms with van der Waals surface area (Å²) in [5.41, 5.74) is 1.27. The molecule has 0 bridgehead atoms. The summed E-state index contributed by atoms with van der Waals surface area (Å²) in [6.45, 7) is 6.67. The summed E-state index contributed by atoms with van der Waals surface area (Å²) in [5.74, 6) is 0.714. The third-order valence-electron chi connectivity index (χ3n) is 2.35. The second-order valence-electron chi connectivity index (χ2n) is 4.32. The first-order valence-electron chi connectivity index (χ1n) is 5.44. The van der Waals surface area contributed by atoms with Gasteiger partial charge in [0.1, 0.15) is 6.10 Å². The first-order chi connectivity index (χ1) is 6.22. The molecule has 0 radical (unpaired) electrons. The van der Waals surface area contributed by atoms with Crippen LogP contribution in [0.3, 0.4) is 0 Å². The van der Waals surface area contributed by atoms with E-state index in [0.717, 1.165) is 19.3 Å². The maximum Gasteiger partial charge on any atom is 0.133 e. The highest BCUT2D eigenvalue weighted by Gasteiger charge is 2.20. The Hall–Kier alpha value is -0.530. The molecule has 1 aliphatic heterocycles. The fourth-order valence-electron chi connectivity index (χ4n) is 1.67. The van der Waals surface area contributed by atoms with E-state index in [1.807, 2.05) is 0 Å². The summed E-state index contributed by atoms with van der Waals surface area (Å²) in [6.07, 6.45) is 6.19. The topological polar surface area (TPSA) is 21.6 Å². The molecular weight excluding hydrogens is 162 g/mol. The van der Waals surface area contributed by atoms with E-state index in [0.29, 0.717) is 12.0 Å². The van der Waals surface area contributed by atoms with Crippen molar-refractivity contribution in [2.45, 2.75) is 59.0 Å². The molecule has 0 aromatic heterocycles. The number of rotatable bonds is 5. The highest BCUT2D eigenvalue weighted by molar-refractivity contribution is 5.85. The highest BCUT2D eigenvalue weighted by atomic mass is 16.6. The van der Waals surface area contributed by atoms with Crippen LogP contribution in [0, 0.1) is 5.92 Å². The fraction of sp³-hybridized carbons (Fsp3) is 0.909. The van der Waals surface area contributed by atoms with Gasteiger partial charge in [-0.2, -0.15) is 0 Å². The van der Waals surface area contributed by atoms with E-state index in [9.17, 15) is 0 Å². The van der Waals surface area contributed by atoms with Gasteiger partial charge in [0.15, 0.2) is 0 Å². The van der Waals surface area contributed by atoms with Crippen LogP contribution >= 0.6 is 0 Å². The Morgan fingerprint density at radius 3 is 2.92 bits per heavy atom. The summed E-state index contributed by atoms with van der Waals surface area (Å²) in [7, 11) is 0. The number of oxime groups is 1. The monoisotopic (exact) mass is 183 g/mol. The largest absolute Gasteiger partial charge is 0.392 e. The summed E-state index contributed by atoms with van der Waals surface area (Å²) in [6, 6.07) is 0. The van der Waals surface area contributed by atoms with E-state index in [-0.39, 0.29) is 0 Å². The van der Waals surface area contributed by atoms with Crippen LogP contribution in [0.1, 0.15) is 52.9 Å². The molecule has 0 aromatic carbocycles. The van der Waals surface area contributed by atoms with Gasteiger partial charge < -0.3 is 4.84 Å². The summed E-state index contributed by atoms with van der Waals surface area (Å²) in [4.78, 5) is 5.36. The smallest absolute Gasteiger partial charge is 0.133 e. The predicted octanol–water partition coefficient (Wildman–Crippen LogP) is 3.37. The van der Waals surface area contributed by atoms with Crippen LogP contribution in [0.2, 0.25) is 0 Å². The third-order valence-corrected chi connectivity index (χ3v) is 2.35. The second kappa shape index (κ2) is 5.25. The molecule has 1 atom stereocenters. The van der Waals surface area contributed by atoms with E-state index < -0.39 is 0 Å². The molecule has 0 amide bonds. The molecule has 1 heterocycles. The minimum atomic E-state index is 0.367. The minimum absolute atomic E-state index is 0.367. The number of unbranched alkanes of at least 4 members (excludes halogenated alkanes) is 1. The Bertz CT molecular complexity index is 175. The molecule has 0 saturated carbocycles. The molecule has 0 N–H and O–H groups in total. The molecule has 0 aromatic rings. The van der Waals surface area contributed by atoms with Crippen molar-refractivity contribution in [1.82, 2.24) is 0 Å². The zero-order valence-electron chi connectivity index (χ0n) is 9.05. The van der Waals surface area contributed by atoms with Gasteiger partial charge in [-0.3, -0.25) is 0 Å². The molecule has 0 saturated heterocycles. The van der Waals surface area contributed by atoms with Crippen molar-refractivity contribution >= 4 is 5.71 Å². The first-order valence-corrected chi connectivity index (χ1v) is 5.44. The van der Waals surface area contributed by atoms with E-state index in [4.69, 9.17) is 4.84 Å². The molecule has 1 unspecified atom stereocenters. The Morgan fingerprint density at radius 1 is 1.54 bits per heavy atom. The Morgan fingerprint density at radius 2 is 2.31 bits per heavy atom. The molecule has 1 aliphatic rings. The molecule has 2 nitrogen and oxygen atoms in total. The zero-order chi connectivity index (χ0) is 9.68. The van der Waals surface area contributed by atoms with Crippen LogP contribution in [-0.4, -0.2) is 11.8 Å². The zero-order valence-corrected chi connectivity index (χ0v) is 9.05. The van der Waals surface area contributed by atoms with Gasteiger partial charge in [-0.05, 0) is 25.2 Å². The molecule has 0 spiro atoms. The molecule has 0 aliphatic carbocycles. The molecular formula is C11H21NO. The van der Waals surface area contributed by atoms with Crippen molar-refractivity contribution in [3.8, 4) is 0 Å². The van der Waals surface area contributed by atoms with Gasteiger partial charge in [-0.15, -0.1) is 0 Å². The molecule has 76 valence electrons. The van der Waals surface area contributed by atoms with Crippen molar-refractivity contribution in [1.29, 1.82) is 0 Å². The maximum atomic E-state index is 5.36. The highest BCUT2D eigenvalue weighted by Crippen LogP contribution is 2.20. The fourth-order valence-corrected chi connectivity index (χ4v) is 1.67. The van der Waals surface area contributed by atoms with Crippen LogP contribution in [0.25, 0.3) is 0 Å². The lowest BCUT2D eigenvalue weighted by Crippen LogP contribution is -2.10. The molecule has 2 heteroatoms. The normalized spacial score (nSPS) is 21.8. The number of hydrogen-bond acceptors (Lipinski definition) is 2. The standard InChI is InChI=1S/C11H21NO/c1-4-5-6-10-8-11(13-12-10)7-9(2)3/h9,11H,4-8H2,1-3H3. The van der Waals surface area contributed by atoms with Crippen LogP contribution in [0.15, 0.2) is 5.16 Å². The van der Waals surface area contributed by atoms with Gasteiger partial charge in [-0.25, -0.2) is 0 Å². The third kappa shape index (κ3) is 3.79. The average molecular weight is 183 g/mol. The van der Waals surface area contributed by atoms with Gasteiger partial charge in [-0.1, -0.05) is 32.3 Å². The van der Waals surface area contributed by atoms with Crippen LogP contribution in [0.5, 0.6) is 0 Å². The lowest BCUT2D eigenvalue weighted by molar-refractivity contribution is 0.0698. The Labute approximate surface area is 81.3 Å². The first kappa shape index (κ1) is 10.6. The van der Waals surface area contributed by atoms with E-state index in [2.05, 4.69) is 25.9 Å². The lowest BCUT2D eigenvalue weighted by atomic mass is 10.0. The predicted molar refractivity (Wildman–Crippen MR) is 55.9 cm³/mol. The van der Waals surface area contributed by atoms with Gasteiger partial charge in [0.05, 0.1) is 5.71 Å². The summed E-state index contributed by atoms with van der Waals surface area (Å²) < 4.78 is 0. The average Bonchev–Trinajstić information content (AvgIpc) is 2.48. The lowest BCUT2D eigenvalue weighted by Gasteiger charge is -2.09. The molecule has 1 rings (SSSR count). The van der Waals surface area contributed by atoms with E-state index in [1.54, 1.807) is 0 Å². The Balaban J connectivity index is 2.18. The van der Waals surface area contributed by atoms with Crippen molar-refractivity contribution in [2.24, 2.45) is 11.1 Å². The second-order valence-corrected chi connectivity index (χ2v) is 4.32. The van der Waals surface area contributed by atoms with Gasteiger partial charge in [0.25, 0.3) is 0 Å². The van der Waals surface area contributed by atoms with Crippen molar-refractivity contribution < 1.29 is 4.84 Å². The number of hydrogen-bond donors (Lipinski definition) is 0. The van der Waals surface area contributed by atoms with Crippen LogP contribution in [-0.2, 0) is 4.84 Å². The summed E-state index contributed by atoms with van der Waals surface area (Å²) >= 11 is 0. The number of nitrogens with zero attached hydrogens (tertiary/aromatic N) is 1. The quantitative estimate of drug-likeness (QED) is 0.640. The Kier molecular flexibility index (Phi) is 4.26. The van der Waals surface area contributed by atoms with Gasteiger partial charge >= 0.3 is 0 Å². The SMILES string of the molecule is CCCCC1=NOC(CC(C)C)C1.